The van der Waals surface area contributed by atoms with Crippen molar-refractivity contribution < 1.29 is 19.3 Å². The number of imide groups is 1. The lowest BCUT2D eigenvalue weighted by atomic mass is 9.86. The molecule has 36 heavy (non-hydrogen) atoms. The van der Waals surface area contributed by atoms with Crippen LogP contribution < -0.4 is 9.80 Å². The van der Waals surface area contributed by atoms with Crippen molar-refractivity contribution in [2.24, 2.45) is 11.8 Å². The van der Waals surface area contributed by atoms with Crippen LogP contribution >= 0.6 is 0 Å². The highest BCUT2D eigenvalue weighted by molar-refractivity contribution is 6.26. The van der Waals surface area contributed by atoms with E-state index in [4.69, 9.17) is 0 Å². The van der Waals surface area contributed by atoms with Crippen molar-refractivity contribution in [3.05, 3.63) is 106 Å². The molecular formula is C28H21N3O5. The molecule has 3 aliphatic heterocycles. The average molecular weight is 479 g/mol. The molecule has 2 saturated heterocycles. The van der Waals surface area contributed by atoms with E-state index in [0.29, 0.717) is 16.8 Å². The molecule has 3 aliphatic rings. The van der Waals surface area contributed by atoms with Crippen LogP contribution in [0.1, 0.15) is 21.5 Å². The maximum Gasteiger partial charge on any atom is 0.269 e. The van der Waals surface area contributed by atoms with Gasteiger partial charge < -0.3 is 4.90 Å². The Bertz CT molecular complexity index is 1480. The standard InChI is InChI=1S/C28H21N3O5/c1-16-15-19(31(35)36)12-14-20(16)30-27(33)23-22-13-11-17-7-5-6-10-21(17)29(22)25(24(23)28(30)34)26(32)18-8-3-2-4-9-18/h2-15,22-25H,1H3/t22-,23-,24-,25+/m0/s1. The van der Waals surface area contributed by atoms with Gasteiger partial charge in [-0.3, -0.25) is 24.5 Å². The van der Waals surface area contributed by atoms with Crippen molar-refractivity contribution in [2.75, 3.05) is 9.80 Å². The zero-order valence-electron chi connectivity index (χ0n) is 19.3. The van der Waals surface area contributed by atoms with Crippen LogP contribution in [0.25, 0.3) is 6.08 Å². The van der Waals surface area contributed by atoms with Crippen molar-refractivity contribution >= 4 is 40.7 Å². The summed E-state index contributed by atoms with van der Waals surface area (Å²) in [6.45, 7) is 1.63. The van der Waals surface area contributed by atoms with Crippen LogP contribution in [-0.2, 0) is 9.59 Å². The fourth-order valence-electron chi connectivity index (χ4n) is 5.83. The van der Waals surface area contributed by atoms with Gasteiger partial charge in [-0.05, 0) is 30.2 Å². The highest BCUT2D eigenvalue weighted by Gasteiger charge is 2.64. The molecule has 0 aliphatic carbocycles. The summed E-state index contributed by atoms with van der Waals surface area (Å²) in [5.41, 5.74) is 2.83. The number of nitro benzene ring substituents is 1. The first-order chi connectivity index (χ1) is 17.4. The zero-order chi connectivity index (χ0) is 25.1. The lowest BCUT2D eigenvalue weighted by Gasteiger charge is -2.36. The van der Waals surface area contributed by atoms with Crippen molar-refractivity contribution in [2.45, 2.75) is 19.0 Å². The van der Waals surface area contributed by atoms with Crippen LogP contribution in [0.4, 0.5) is 17.1 Å². The molecule has 178 valence electrons. The molecule has 6 rings (SSSR count). The Morgan fingerprint density at radius 3 is 2.31 bits per heavy atom. The quantitative estimate of drug-likeness (QED) is 0.241. The summed E-state index contributed by atoms with van der Waals surface area (Å²) in [6, 6.07) is 19.2. The number of ketones is 1. The first-order valence-electron chi connectivity index (χ1n) is 11.7. The highest BCUT2D eigenvalue weighted by atomic mass is 16.6. The summed E-state index contributed by atoms with van der Waals surface area (Å²) in [5.74, 6) is -2.72. The van der Waals surface area contributed by atoms with E-state index in [1.54, 1.807) is 31.2 Å². The minimum Gasteiger partial charge on any atom is -0.352 e. The molecule has 8 heteroatoms. The first-order valence-corrected chi connectivity index (χ1v) is 11.7. The lowest BCUT2D eigenvalue weighted by Crippen LogP contribution is -2.49. The maximum atomic E-state index is 13.9. The third kappa shape index (κ3) is 3.04. The van der Waals surface area contributed by atoms with Gasteiger partial charge in [0, 0.05) is 23.4 Å². The molecule has 0 radical (unpaired) electrons. The number of para-hydroxylation sites is 1. The van der Waals surface area contributed by atoms with E-state index >= 15 is 0 Å². The fourth-order valence-corrected chi connectivity index (χ4v) is 5.83. The number of nitro groups is 1. The molecule has 0 saturated carbocycles. The number of hydrogen-bond donors (Lipinski definition) is 0. The Hall–Kier alpha value is -4.59. The molecule has 4 atom stereocenters. The second-order valence-electron chi connectivity index (χ2n) is 9.28. The van der Waals surface area contributed by atoms with E-state index in [2.05, 4.69) is 0 Å². The van der Waals surface area contributed by atoms with Gasteiger partial charge in [0.25, 0.3) is 5.69 Å². The topological polar surface area (TPSA) is 101 Å². The van der Waals surface area contributed by atoms with E-state index in [1.807, 2.05) is 47.4 Å². The van der Waals surface area contributed by atoms with E-state index in [-0.39, 0.29) is 11.5 Å². The van der Waals surface area contributed by atoms with Crippen molar-refractivity contribution in [1.82, 2.24) is 0 Å². The molecule has 0 unspecified atom stereocenters. The van der Waals surface area contributed by atoms with Gasteiger partial charge in [0.2, 0.25) is 11.8 Å². The largest absolute Gasteiger partial charge is 0.352 e. The number of carbonyl (C=O) groups is 3. The smallest absolute Gasteiger partial charge is 0.269 e. The predicted molar refractivity (Wildman–Crippen MR) is 134 cm³/mol. The number of aryl methyl sites for hydroxylation is 1. The highest BCUT2D eigenvalue weighted by Crippen LogP contribution is 2.50. The molecule has 3 aromatic carbocycles. The number of carbonyl (C=O) groups excluding carboxylic acids is 3. The fraction of sp³-hybridized carbons (Fsp3) is 0.179. The Morgan fingerprint density at radius 1 is 0.889 bits per heavy atom. The molecule has 2 fully saturated rings. The Balaban J connectivity index is 1.48. The third-order valence-corrected chi connectivity index (χ3v) is 7.37. The molecule has 0 N–H and O–H groups in total. The summed E-state index contributed by atoms with van der Waals surface area (Å²) in [5, 5.41) is 11.2. The predicted octanol–water partition coefficient (Wildman–Crippen LogP) is 4.18. The van der Waals surface area contributed by atoms with E-state index < -0.39 is 40.7 Å². The van der Waals surface area contributed by atoms with Gasteiger partial charge in [0.05, 0.1) is 28.5 Å². The van der Waals surface area contributed by atoms with Gasteiger partial charge in [-0.25, -0.2) is 4.90 Å². The van der Waals surface area contributed by atoms with Gasteiger partial charge in [0.1, 0.15) is 6.04 Å². The Morgan fingerprint density at radius 2 is 1.58 bits per heavy atom. The number of hydrogen-bond acceptors (Lipinski definition) is 6. The van der Waals surface area contributed by atoms with Gasteiger partial charge in [-0.2, -0.15) is 0 Å². The molecule has 3 aromatic rings. The monoisotopic (exact) mass is 479 g/mol. The number of benzene rings is 3. The van der Waals surface area contributed by atoms with Crippen molar-refractivity contribution in [1.29, 1.82) is 0 Å². The number of non-ortho nitro benzene ring substituents is 1. The summed E-state index contributed by atoms with van der Waals surface area (Å²) in [6.07, 6.45) is 3.83. The molecular weight excluding hydrogens is 458 g/mol. The summed E-state index contributed by atoms with van der Waals surface area (Å²) >= 11 is 0. The minimum absolute atomic E-state index is 0.120. The molecule has 0 spiro atoms. The number of rotatable bonds is 4. The van der Waals surface area contributed by atoms with Crippen LogP contribution in [0.3, 0.4) is 0 Å². The molecule has 0 bridgehead atoms. The first kappa shape index (κ1) is 21.9. The second kappa shape index (κ2) is 7.98. The van der Waals surface area contributed by atoms with Crippen LogP contribution in [-0.4, -0.2) is 34.6 Å². The number of amides is 2. The summed E-state index contributed by atoms with van der Waals surface area (Å²) < 4.78 is 0. The van der Waals surface area contributed by atoms with Crippen LogP contribution in [0.2, 0.25) is 0 Å². The van der Waals surface area contributed by atoms with Crippen molar-refractivity contribution in [3.63, 3.8) is 0 Å². The normalized spacial score (nSPS) is 23.9. The van der Waals surface area contributed by atoms with Crippen LogP contribution in [0.5, 0.6) is 0 Å². The van der Waals surface area contributed by atoms with E-state index in [1.165, 1.54) is 18.2 Å². The van der Waals surface area contributed by atoms with Gasteiger partial charge in [0.15, 0.2) is 5.78 Å². The van der Waals surface area contributed by atoms with Gasteiger partial charge in [-0.15, -0.1) is 0 Å². The van der Waals surface area contributed by atoms with Gasteiger partial charge in [-0.1, -0.05) is 60.7 Å². The van der Waals surface area contributed by atoms with Crippen molar-refractivity contribution in [3.8, 4) is 0 Å². The Labute approximate surface area is 206 Å². The Kier molecular flexibility index (Phi) is 4.86. The molecule has 0 aromatic heterocycles. The second-order valence-corrected chi connectivity index (χ2v) is 9.28. The van der Waals surface area contributed by atoms with Crippen LogP contribution in [0.15, 0.2) is 78.9 Å². The minimum atomic E-state index is -0.888. The molecule has 3 heterocycles. The number of fused-ring (bicyclic) bond motifs is 5. The molecule has 8 nitrogen and oxygen atoms in total. The van der Waals surface area contributed by atoms with E-state index in [0.717, 1.165) is 16.2 Å². The average Bonchev–Trinajstić information content (AvgIpc) is 3.37. The third-order valence-electron chi connectivity index (χ3n) is 7.37. The van der Waals surface area contributed by atoms with E-state index in [9.17, 15) is 24.5 Å². The zero-order valence-corrected chi connectivity index (χ0v) is 19.3. The number of nitrogens with zero attached hydrogens (tertiary/aromatic N) is 3. The van der Waals surface area contributed by atoms with Crippen LogP contribution in [0, 0.1) is 28.9 Å². The SMILES string of the molecule is Cc1cc([N+](=O)[O-])ccc1N1C(=O)[C@@H]2[C@H](C1=O)[C@H](C(=O)c1ccccc1)N1c3ccccc3C=C[C@@H]21. The van der Waals surface area contributed by atoms with Gasteiger partial charge >= 0.3 is 0 Å². The maximum absolute atomic E-state index is 13.9. The number of anilines is 2. The summed E-state index contributed by atoms with van der Waals surface area (Å²) in [4.78, 5) is 55.4. The molecule has 2 amide bonds. The lowest BCUT2D eigenvalue weighted by molar-refractivity contribution is -0.384. The summed E-state index contributed by atoms with van der Waals surface area (Å²) in [7, 11) is 0. The number of Topliss-reactive ketones (excluding diaryl/α,β-unsaturated/α-hetero) is 1.